The Hall–Kier alpha value is -2.86. The molecule has 1 aliphatic heterocycles. The summed E-state index contributed by atoms with van der Waals surface area (Å²) in [4.78, 5) is 32.6. The van der Waals surface area contributed by atoms with Gasteiger partial charge < -0.3 is 9.88 Å². The second-order valence-electron chi connectivity index (χ2n) is 7.10. The third-order valence-electron chi connectivity index (χ3n) is 5.40. The number of rotatable bonds is 4. The Morgan fingerprint density at radius 3 is 2.33 bits per heavy atom. The molecule has 1 aromatic heterocycles. The summed E-state index contributed by atoms with van der Waals surface area (Å²) < 4.78 is 1.33. The van der Waals surface area contributed by atoms with Crippen molar-refractivity contribution in [2.75, 3.05) is 31.1 Å². The molecule has 0 bridgehead atoms. The quantitative estimate of drug-likeness (QED) is 0.768. The second-order valence-corrected chi connectivity index (χ2v) is 7.10. The molecule has 27 heavy (non-hydrogen) atoms. The molecule has 4 rings (SSSR count). The third-order valence-corrected chi connectivity index (χ3v) is 5.40. The van der Waals surface area contributed by atoms with Gasteiger partial charge in [0.1, 0.15) is 0 Å². The summed E-state index contributed by atoms with van der Waals surface area (Å²) in [6, 6.07) is 17.7. The van der Waals surface area contributed by atoms with E-state index in [0.717, 1.165) is 26.2 Å². The fourth-order valence-electron chi connectivity index (χ4n) is 3.80. The minimum absolute atomic E-state index is 0.114. The van der Waals surface area contributed by atoms with Gasteiger partial charge in [0.05, 0.1) is 10.9 Å². The predicted octanol–water partition coefficient (Wildman–Crippen LogP) is 1.90. The molecule has 1 aliphatic rings. The highest BCUT2D eigenvalue weighted by molar-refractivity contribution is 5.76. The molecule has 1 fully saturated rings. The van der Waals surface area contributed by atoms with E-state index in [2.05, 4.69) is 46.0 Å². The van der Waals surface area contributed by atoms with Gasteiger partial charge >= 0.3 is 5.69 Å². The summed E-state index contributed by atoms with van der Waals surface area (Å²) in [5.74, 6) is 0. The lowest BCUT2D eigenvalue weighted by Crippen LogP contribution is -2.52. The topological polar surface area (TPSA) is 61.3 Å². The molecule has 0 amide bonds. The standard InChI is InChI=1S/C21H24N4O2/c1-16(23-11-13-24(14-12-23)17-7-3-2-4-8-17)15-25-20(26)18-9-5-6-10-19(18)22-21(25)27/h2-10,16H,11-15H2,1H3,(H,22,27)/t16-/m0/s1. The Morgan fingerprint density at radius 1 is 0.926 bits per heavy atom. The number of para-hydroxylation sites is 2. The van der Waals surface area contributed by atoms with E-state index in [-0.39, 0.29) is 17.3 Å². The molecule has 140 valence electrons. The molecule has 1 atom stereocenters. The summed E-state index contributed by atoms with van der Waals surface area (Å²) in [6.07, 6.45) is 0. The lowest BCUT2D eigenvalue weighted by molar-refractivity contribution is 0.178. The van der Waals surface area contributed by atoms with E-state index in [0.29, 0.717) is 17.4 Å². The van der Waals surface area contributed by atoms with Gasteiger partial charge in [0.2, 0.25) is 0 Å². The summed E-state index contributed by atoms with van der Waals surface area (Å²) in [7, 11) is 0. The first-order valence-corrected chi connectivity index (χ1v) is 9.39. The first-order chi connectivity index (χ1) is 13.1. The van der Waals surface area contributed by atoms with E-state index in [9.17, 15) is 9.59 Å². The van der Waals surface area contributed by atoms with Crippen molar-refractivity contribution in [3.63, 3.8) is 0 Å². The van der Waals surface area contributed by atoms with Crippen molar-refractivity contribution in [3.05, 3.63) is 75.4 Å². The molecule has 0 aliphatic carbocycles. The molecule has 0 unspecified atom stereocenters. The molecule has 0 spiro atoms. The van der Waals surface area contributed by atoms with Gasteiger partial charge in [-0.25, -0.2) is 4.79 Å². The van der Waals surface area contributed by atoms with Crippen molar-refractivity contribution in [1.82, 2.24) is 14.5 Å². The van der Waals surface area contributed by atoms with Crippen LogP contribution in [0.4, 0.5) is 5.69 Å². The second kappa shape index (κ2) is 7.40. The van der Waals surface area contributed by atoms with Crippen LogP contribution in [-0.4, -0.2) is 46.7 Å². The molecule has 1 N–H and O–H groups in total. The van der Waals surface area contributed by atoms with Crippen molar-refractivity contribution in [1.29, 1.82) is 0 Å². The van der Waals surface area contributed by atoms with E-state index < -0.39 is 0 Å². The molecule has 3 aromatic rings. The van der Waals surface area contributed by atoms with Crippen LogP contribution in [-0.2, 0) is 6.54 Å². The maximum atomic E-state index is 12.7. The van der Waals surface area contributed by atoms with Gasteiger partial charge in [0, 0.05) is 44.5 Å². The molecule has 0 radical (unpaired) electrons. The number of H-pyrrole nitrogens is 1. The lowest BCUT2D eigenvalue weighted by Gasteiger charge is -2.39. The van der Waals surface area contributed by atoms with Crippen molar-refractivity contribution < 1.29 is 0 Å². The van der Waals surface area contributed by atoms with Crippen LogP contribution >= 0.6 is 0 Å². The Morgan fingerprint density at radius 2 is 1.59 bits per heavy atom. The summed E-state index contributed by atoms with van der Waals surface area (Å²) in [5, 5.41) is 0.554. The third kappa shape index (κ3) is 3.53. The zero-order chi connectivity index (χ0) is 18.8. The van der Waals surface area contributed by atoms with Crippen LogP contribution < -0.4 is 16.1 Å². The predicted molar refractivity (Wildman–Crippen MR) is 109 cm³/mol. The molecule has 1 saturated heterocycles. The fourth-order valence-corrected chi connectivity index (χ4v) is 3.80. The van der Waals surface area contributed by atoms with Gasteiger partial charge in [0.15, 0.2) is 0 Å². The maximum absolute atomic E-state index is 12.7. The fraction of sp³-hybridized carbons (Fsp3) is 0.333. The number of aromatic amines is 1. The van der Waals surface area contributed by atoms with Gasteiger partial charge in [0.25, 0.3) is 5.56 Å². The van der Waals surface area contributed by atoms with E-state index in [1.165, 1.54) is 10.3 Å². The average molecular weight is 364 g/mol. The number of nitrogens with zero attached hydrogens (tertiary/aromatic N) is 3. The molecule has 6 nitrogen and oxygen atoms in total. The molecule has 2 heterocycles. The molecular weight excluding hydrogens is 340 g/mol. The maximum Gasteiger partial charge on any atom is 0.328 e. The zero-order valence-corrected chi connectivity index (χ0v) is 15.5. The van der Waals surface area contributed by atoms with Gasteiger partial charge in [-0.1, -0.05) is 30.3 Å². The van der Waals surface area contributed by atoms with Crippen molar-refractivity contribution >= 4 is 16.6 Å². The highest BCUT2D eigenvalue weighted by Crippen LogP contribution is 2.16. The van der Waals surface area contributed by atoms with Gasteiger partial charge in [-0.05, 0) is 31.2 Å². The monoisotopic (exact) mass is 364 g/mol. The average Bonchev–Trinajstić information content (AvgIpc) is 2.72. The van der Waals surface area contributed by atoms with Crippen LogP contribution in [0.3, 0.4) is 0 Å². The molecule has 6 heteroatoms. The normalized spacial score (nSPS) is 16.6. The largest absolute Gasteiger partial charge is 0.369 e. The number of aromatic nitrogens is 2. The number of nitrogens with one attached hydrogen (secondary N) is 1. The zero-order valence-electron chi connectivity index (χ0n) is 15.5. The van der Waals surface area contributed by atoms with E-state index in [1.54, 1.807) is 12.1 Å². The van der Waals surface area contributed by atoms with Gasteiger partial charge in [-0.2, -0.15) is 0 Å². The number of hydrogen-bond acceptors (Lipinski definition) is 4. The van der Waals surface area contributed by atoms with Crippen LogP contribution in [0.2, 0.25) is 0 Å². The number of fused-ring (bicyclic) bond motifs is 1. The number of anilines is 1. The Bertz CT molecular complexity index is 1030. The van der Waals surface area contributed by atoms with E-state index in [1.807, 2.05) is 18.2 Å². The molecule has 2 aromatic carbocycles. The lowest BCUT2D eigenvalue weighted by atomic mass is 10.2. The summed E-state index contributed by atoms with van der Waals surface area (Å²) in [5.41, 5.74) is 1.28. The van der Waals surface area contributed by atoms with Crippen molar-refractivity contribution in [2.45, 2.75) is 19.5 Å². The summed E-state index contributed by atoms with van der Waals surface area (Å²) in [6.45, 7) is 6.19. The number of piperazine rings is 1. The van der Waals surface area contributed by atoms with Crippen molar-refractivity contribution in [3.8, 4) is 0 Å². The van der Waals surface area contributed by atoms with Gasteiger partial charge in [-0.3, -0.25) is 14.3 Å². The van der Waals surface area contributed by atoms with Crippen LogP contribution in [0.1, 0.15) is 6.92 Å². The number of benzene rings is 2. The van der Waals surface area contributed by atoms with Crippen LogP contribution in [0, 0.1) is 0 Å². The van der Waals surface area contributed by atoms with Crippen LogP contribution in [0.25, 0.3) is 10.9 Å². The summed E-state index contributed by atoms with van der Waals surface area (Å²) >= 11 is 0. The molecular formula is C21H24N4O2. The highest BCUT2D eigenvalue weighted by Gasteiger charge is 2.22. The van der Waals surface area contributed by atoms with Gasteiger partial charge in [-0.15, -0.1) is 0 Å². The first kappa shape index (κ1) is 17.5. The minimum Gasteiger partial charge on any atom is -0.369 e. The van der Waals surface area contributed by atoms with Crippen LogP contribution in [0.5, 0.6) is 0 Å². The molecule has 0 saturated carbocycles. The van der Waals surface area contributed by atoms with Crippen molar-refractivity contribution in [2.24, 2.45) is 0 Å². The van der Waals surface area contributed by atoms with E-state index >= 15 is 0 Å². The SMILES string of the molecule is C[C@@H](Cn1c(=O)[nH]c2ccccc2c1=O)N1CCN(c2ccccc2)CC1. The van der Waals surface area contributed by atoms with E-state index in [4.69, 9.17) is 0 Å². The smallest absolute Gasteiger partial charge is 0.328 e. The number of hydrogen-bond donors (Lipinski definition) is 1. The first-order valence-electron chi connectivity index (χ1n) is 9.39. The van der Waals surface area contributed by atoms with Crippen LogP contribution in [0.15, 0.2) is 64.2 Å². The Balaban J connectivity index is 1.47. The Labute approximate surface area is 157 Å². The highest BCUT2D eigenvalue weighted by atomic mass is 16.2. The Kier molecular flexibility index (Phi) is 4.81. The minimum atomic E-state index is -0.339.